The van der Waals surface area contributed by atoms with Crippen LogP contribution in [0.2, 0.25) is 0 Å². The maximum atomic E-state index is 8.58. The third-order valence-corrected chi connectivity index (χ3v) is 0. The van der Waals surface area contributed by atoms with Crippen LogP contribution in [0.1, 0.15) is 0 Å². The maximum absolute atomic E-state index is 8.58. The summed E-state index contributed by atoms with van der Waals surface area (Å²) in [6, 6.07) is 0. The van der Waals surface area contributed by atoms with Crippen molar-refractivity contribution in [3.63, 3.8) is 0 Å². The third-order valence-electron chi connectivity index (χ3n) is 0. The zero-order chi connectivity index (χ0) is 13.5. The van der Waals surface area contributed by atoms with E-state index in [-0.39, 0.29) is 40.8 Å². The molecule has 0 heterocycles. The molecule has 0 saturated carbocycles. The van der Waals surface area contributed by atoms with Gasteiger partial charge in [0.05, 0.1) is 0 Å². The summed E-state index contributed by atoms with van der Waals surface area (Å²) in [5.74, 6) is 0. The summed E-state index contributed by atoms with van der Waals surface area (Å²) < 4.78 is 103. The van der Waals surface area contributed by atoms with Gasteiger partial charge in [0.15, 0.2) is 0 Å². The summed E-state index contributed by atoms with van der Waals surface area (Å²) >= 11 is -16.9. The fourth-order valence-electron chi connectivity index (χ4n) is 0. The monoisotopic (exact) mass is 499 g/mol. The quantitative estimate of drug-likeness (QED) is 0.286. The van der Waals surface area contributed by atoms with Gasteiger partial charge in [-0.05, 0) is 0 Å². The third kappa shape index (κ3) is 3000. The van der Waals surface area contributed by atoms with E-state index >= 15 is 0 Å². The van der Waals surface area contributed by atoms with Crippen molar-refractivity contribution in [2.24, 2.45) is 0 Å². The first-order chi connectivity index (χ1) is 6.00. The van der Waals surface area contributed by atoms with E-state index in [1.54, 1.807) is 0 Å². The average molecular weight is 501 g/mol. The molecule has 0 aliphatic heterocycles. The van der Waals surface area contributed by atoms with Gasteiger partial charge in [0, 0.05) is 0 Å². The Morgan fingerprint density at radius 3 is 0.438 bits per heavy atom. The Morgan fingerprint density at radius 2 is 0.438 bits per heavy atom. The second kappa shape index (κ2) is 9.96. The average Bonchev–Trinajstić information content (AvgIpc) is 1.41. The van der Waals surface area contributed by atoms with Crippen LogP contribution in [0.5, 0.6) is 0 Å². The Kier molecular flexibility index (Phi) is 16.0. The SMILES string of the molecule is [Nd+3].[O]=[Mn](=[O])(=[O])[O-].[O]=[Mn](=[O])(=[O])[O-].[O]=[Mn](=[O])(=[O])[O-]. The molecule has 0 aromatic heterocycles. The van der Waals surface area contributed by atoms with Crippen LogP contribution >= 0.6 is 0 Å². The molecular weight excluding hydrogens is 501 g/mol. The van der Waals surface area contributed by atoms with Gasteiger partial charge >= 0.3 is 127 Å². The second-order valence-corrected chi connectivity index (χ2v) is 4.68. The zero-order valence-electron chi connectivity index (χ0n) is 6.53. The van der Waals surface area contributed by atoms with Gasteiger partial charge in [-0.25, -0.2) is 0 Å². The minimum atomic E-state index is -5.62. The van der Waals surface area contributed by atoms with Crippen molar-refractivity contribution < 1.29 is 127 Å². The Morgan fingerprint density at radius 1 is 0.438 bits per heavy atom. The normalized spacial score (nSPS) is 10.7. The zero-order valence-corrected chi connectivity index (χ0v) is 13.3. The van der Waals surface area contributed by atoms with Crippen LogP contribution in [-0.2, 0) is 73.4 Å². The van der Waals surface area contributed by atoms with E-state index in [4.69, 9.17) is 47.1 Å². The molecule has 0 amide bonds. The summed E-state index contributed by atoms with van der Waals surface area (Å²) in [6.45, 7) is 0. The summed E-state index contributed by atoms with van der Waals surface area (Å²) in [7, 11) is 0. The topological polar surface area (TPSA) is 223 Å². The van der Waals surface area contributed by atoms with Crippen LogP contribution in [0.25, 0.3) is 0 Å². The van der Waals surface area contributed by atoms with Crippen molar-refractivity contribution in [3.8, 4) is 0 Å². The van der Waals surface area contributed by atoms with Crippen molar-refractivity contribution in [1.82, 2.24) is 0 Å². The van der Waals surface area contributed by atoms with Crippen molar-refractivity contribution in [2.75, 3.05) is 0 Å². The Balaban J connectivity index is -0.0000000655. The fourth-order valence-corrected chi connectivity index (χ4v) is 0. The summed E-state index contributed by atoms with van der Waals surface area (Å²) in [4.78, 5) is 0. The Hall–Kier alpha value is 0.989. The van der Waals surface area contributed by atoms with Gasteiger partial charge in [-0.3, -0.25) is 0 Å². The molecule has 0 aliphatic rings. The minimum absolute atomic E-state index is 0. The number of hydrogen-bond donors (Lipinski definition) is 0. The second-order valence-electron chi connectivity index (χ2n) is 1.13. The standard InChI is InChI=1S/3Mn.Nd.12O/q;;;+3;;;;;;;;;;3*-1. The summed E-state index contributed by atoms with van der Waals surface area (Å²) in [6.07, 6.45) is 0. The molecule has 0 spiro atoms. The molecule has 0 fully saturated rings. The molecule has 12 nitrogen and oxygen atoms in total. The van der Waals surface area contributed by atoms with Gasteiger partial charge < -0.3 is 0 Å². The van der Waals surface area contributed by atoms with Gasteiger partial charge in [-0.2, -0.15) is 0 Å². The van der Waals surface area contributed by atoms with E-state index in [9.17, 15) is 0 Å². The molecule has 0 unspecified atom stereocenters. The molecule has 0 aromatic rings. The van der Waals surface area contributed by atoms with Gasteiger partial charge in [-0.1, -0.05) is 0 Å². The molecule has 0 atom stereocenters. The van der Waals surface area contributed by atoms with Crippen molar-refractivity contribution in [1.29, 1.82) is 0 Å². The summed E-state index contributed by atoms with van der Waals surface area (Å²) in [5.41, 5.74) is 0. The molecule has 0 saturated heterocycles. The molecule has 0 aliphatic carbocycles. The van der Waals surface area contributed by atoms with Crippen molar-refractivity contribution in [3.05, 3.63) is 0 Å². The molecule has 0 rings (SSSR count). The van der Waals surface area contributed by atoms with Crippen LogP contribution in [0.15, 0.2) is 0 Å². The fraction of sp³-hybridized carbons (Fsp3) is 0. The van der Waals surface area contributed by atoms with E-state index in [2.05, 4.69) is 0 Å². The van der Waals surface area contributed by atoms with Crippen LogP contribution in [0.3, 0.4) is 0 Å². The summed E-state index contributed by atoms with van der Waals surface area (Å²) in [5, 5.41) is 0. The predicted octanol–water partition coefficient (Wildman–Crippen LogP) is -4.64. The van der Waals surface area contributed by atoms with Gasteiger partial charge in [0.2, 0.25) is 0 Å². The molecule has 0 bridgehead atoms. The van der Waals surface area contributed by atoms with Crippen molar-refractivity contribution >= 4 is 0 Å². The van der Waals surface area contributed by atoms with Crippen LogP contribution < -0.4 is 12.6 Å². The Bertz CT molecular complexity index is 480. The molecule has 1 radical (unpaired) electrons. The van der Waals surface area contributed by atoms with E-state index in [1.807, 2.05) is 0 Å². The van der Waals surface area contributed by atoms with E-state index < -0.39 is 38.9 Å². The van der Waals surface area contributed by atoms with Crippen molar-refractivity contribution in [2.45, 2.75) is 0 Å². The molecule has 0 N–H and O–H groups in total. The van der Waals surface area contributed by atoms with E-state index in [1.165, 1.54) is 0 Å². The molecule has 97 valence electrons. The first-order valence-electron chi connectivity index (χ1n) is 1.85. The van der Waals surface area contributed by atoms with Gasteiger partial charge in [0.1, 0.15) is 0 Å². The molecular formula is Mn3NdO12. The first-order valence-corrected chi connectivity index (χ1v) is 7.63. The molecule has 0 aromatic carbocycles. The first kappa shape index (κ1) is 25.7. The van der Waals surface area contributed by atoms with Gasteiger partial charge in [-0.15, -0.1) is 0 Å². The van der Waals surface area contributed by atoms with Crippen LogP contribution in [0, 0.1) is 40.8 Å². The van der Waals surface area contributed by atoms with Gasteiger partial charge in [0.25, 0.3) is 0 Å². The number of hydrogen-bond acceptors (Lipinski definition) is 12. The molecule has 16 heteroatoms. The number of rotatable bonds is 0. The Labute approximate surface area is 125 Å². The van der Waals surface area contributed by atoms with E-state index in [0.29, 0.717) is 0 Å². The van der Waals surface area contributed by atoms with E-state index in [0.717, 1.165) is 0 Å². The molecule has 16 heavy (non-hydrogen) atoms. The predicted molar refractivity (Wildman–Crippen MR) is 6.18 cm³/mol. The van der Waals surface area contributed by atoms with Crippen LogP contribution in [0.4, 0.5) is 0 Å². The van der Waals surface area contributed by atoms with Crippen LogP contribution in [-0.4, -0.2) is 0 Å².